The first-order valence-corrected chi connectivity index (χ1v) is 10.5. The van der Waals surface area contributed by atoms with Crippen LogP contribution in [0.4, 0.5) is 5.69 Å². The van der Waals surface area contributed by atoms with Crippen LogP contribution in [0.15, 0.2) is 29.2 Å². The van der Waals surface area contributed by atoms with Gasteiger partial charge in [-0.2, -0.15) is 4.31 Å². The second-order valence-electron chi connectivity index (χ2n) is 6.70. The average molecular weight is 400 g/mol. The van der Waals surface area contributed by atoms with Crippen LogP contribution in [0.5, 0.6) is 0 Å². The summed E-state index contributed by atoms with van der Waals surface area (Å²) in [7, 11) is -1.84. The first kappa shape index (κ1) is 23.1. The van der Waals surface area contributed by atoms with Gasteiger partial charge in [0.1, 0.15) is 0 Å². The number of anilines is 1. The number of hydrogen-bond donors (Lipinski definition) is 3. The molecule has 0 radical (unpaired) electrons. The minimum absolute atomic E-state index is 0.0506. The van der Waals surface area contributed by atoms with Gasteiger partial charge in [0.15, 0.2) is 13.1 Å². The summed E-state index contributed by atoms with van der Waals surface area (Å²) >= 11 is 0. The SMILES string of the molecule is CCN(CC)S(=O)(=O)c1cccc(NC(=O)C[NH+](C)CC(=O)NC(C)C)c1. The van der Waals surface area contributed by atoms with E-state index in [1.165, 1.54) is 16.4 Å². The molecule has 1 rings (SSSR count). The Morgan fingerprint density at radius 2 is 1.70 bits per heavy atom. The monoisotopic (exact) mass is 399 g/mol. The molecule has 9 heteroatoms. The molecule has 0 heterocycles. The van der Waals surface area contributed by atoms with Crippen molar-refractivity contribution in [2.24, 2.45) is 0 Å². The van der Waals surface area contributed by atoms with Crippen molar-refractivity contribution in [3.8, 4) is 0 Å². The maximum absolute atomic E-state index is 12.6. The smallest absolute Gasteiger partial charge is 0.279 e. The number of carbonyl (C=O) groups excluding carboxylic acids is 2. The maximum Gasteiger partial charge on any atom is 0.279 e. The van der Waals surface area contributed by atoms with Crippen LogP contribution in [0.1, 0.15) is 27.7 Å². The summed E-state index contributed by atoms with van der Waals surface area (Å²) in [5.41, 5.74) is 0.410. The van der Waals surface area contributed by atoms with E-state index in [9.17, 15) is 18.0 Å². The van der Waals surface area contributed by atoms with E-state index in [-0.39, 0.29) is 35.8 Å². The Bertz CT molecular complexity index is 745. The molecule has 1 aromatic rings. The molecule has 152 valence electrons. The molecule has 0 aromatic heterocycles. The number of nitrogens with zero attached hydrogens (tertiary/aromatic N) is 1. The molecule has 0 spiro atoms. The van der Waals surface area contributed by atoms with E-state index < -0.39 is 10.0 Å². The van der Waals surface area contributed by atoms with Crippen LogP contribution >= 0.6 is 0 Å². The zero-order valence-corrected chi connectivity index (χ0v) is 17.5. The molecular formula is C18H31N4O4S+. The highest BCUT2D eigenvalue weighted by Crippen LogP contribution is 2.19. The molecular weight excluding hydrogens is 368 g/mol. The van der Waals surface area contributed by atoms with Gasteiger partial charge in [0.25, 0.3) is 11.8 Å². The summed E-state index contributed by atoms with van der Waals surface area (Å²) in [6, 6.07) is 6.25. The van der Waals surface area contributed by atoms with Crippen molar-refractivity contribution in [2.75, 3.05) is 38.5 Å². The first-order chi connectivity index (χ1) is 12.6. The van der Waals surface area contributed by atoms with Crippen LogP contribution in [-0.2, 0) is 19.6 Å². The van der Waals surface area contributed by atoms with Crippen molar-refractivity contribution in [2.45, 2.75) is 38.6 Å². The van der Waals surface area contributed by atoms with Crippen molar-refractivity contribution >= 4 is 27.5 Å². The molecule has 0 fully saturated rings. The van der Waals surface area contributed by atoms with Crippen molar-refractivity contribution in [3.05, 3.63) is 24.3 Å². The van der Waals surface area contributed by atoms with Crippen molar-refractivity contribution < 1.29 is 22.9 Å². The lowest BCUT2D eigenvalue weighted by atomic mass is 10.3. The second kappa shape index (κ2) is 10.4. The maximum atomic E-state index is 12.6. The third kappa shape index (κ3) is 7.28. The van der Waals surface area contributed by atoms with E-state index in [4.69, 9.17) is 0 Å². The lowest BCUT2D eigenvalue weighted by Crippen LogP contribution is -3.11. The van der Waals surface area contributed by atoms with Gasteiger partial charge >= 0.3 is 0 Å². The van der Waals surface area contributed by atoms with Crippen LogP contribution in [0.2, 0.25) is 0 Å². The number of rotatable bonds is 10. The molecule has 1 aromatic carbocycles. The molecule has 8 nitrogen and oxygen atoms in total. The normalized spacial score (nSPS) is 12.9. The Morgan fingerprint density at radius 3 is 2.26 bits per heavy atom. The zero-order chi connectivity index (χ0) is 20.6. The highest BCUT2D eigenvalue weighted by atomic mass is 32.2. The number of likely N-dealkylation sites (N-methyl/N-ethyl adjacent to an activating group) is 1. The lowest BCUT2D eigenvalue weighted by molar-refractivity contribution is -0.862. The van der Waals surface area contributed by atoms with Gasteiger partial charge in [0.05, 0.1) is 11.9 Å². The topological polar surface area (TPSA) is 100 Å². The third-order valence-electron chi connectivity index (χ3n) is 3.84. The predicted octanol–water partition coefficient (Wildman–Crippen LogP) is -0.305. The summed E-state index contributed by atoms with van der Waals surface area (Å²) in [5.74, 6) is -0.412. The van der Waals surface area contributed by atoms with E-state index in [1.807, 2.05) is 13.8 Å². The predicted molar refractivity (Wildman–Crippen MR) is 105 cm³/mol. The Balaban J connectivity index is 2.74. The molecule has 1 atom stereocenters. The highest BCUT2D eigenvalue weighted by Gasteiger charge is 2.22. The summed E-state index contributed by atoms with van der Waals surface area (Å²) < 4.78 is 26.5. The molecule has 27 heavy (non-hydrogen) atoms. The number of benzene rings is 1. The van der Waals surface area contributed by atoms with Crippen molar-refractivity contribution in [1.29, 1.82) is 0 Å². The first-order valence-electron chi connectivity index (χ1n) is 9.10. The molecule has 2 amide bonds. The van der Waals surface area contributed by atoms with Crippen molar-refractivity contribution in [3.63, 3.8) is 0 Å². The van der Waals surface area contributed by atoms with Crippen LogP contribution < -0.4 is 15.5 Å². The van der Waals surface area contributed by atoms with E-state index in [0.717, 1.165) is 4.90 Å². The van der Waals surface area contributed by atoms with Gasteiger partial charge < -0.3 is 15.5 Å². The third-order valence-corrected chi connectivity index (χ3v) is 5.88. The van der Waals surface area contributed by atoms with E-state index in [1.54, 1.807) is 33.0 Å². The molecule has 0 saturated heterocycles. The highest BCUT2D eigenvalue weighted by molar-refractivity contribution is 7.89. The Morgan fingerprint density at radius 1 is 1.11 bits per heavy atom. The van der Waals surface area contributed by atoms with E-state index in [2.05, 4.69) is 10.6 Å². The summed E-state index contributed by atoms with van der Waals surface area (Å²) in [6.07, 6.45) is 0. The average Bonchev–Trinajstić information content (AvgIpc) is 2.54. The van der Waals surface area contributed by atoms with E-state index in [0.29, 0.717) is 18.8 Å². The number of quaternary nitrogens is 1. The fourth-order valence-corrected chi connectivity index (χ4v) is 4.14. The van der Waals surface area contributed by atoms with Crippen LogP contribution in [0.3, 0.4) is 0 Å². The molecule has 0 aliphatic heterocycles. The summed E-state index contributed by atoms with van der Waals surface area (Å²) in [4.78, 5) is 24.8. The Labute approximate surface area is 162 Å². The molecule has 0 aliphatic carbocycles. The lowest BCUT2D eigenvalue weighted by Gasteiger charge is -2.19. The van der Waals surface area contributed by atoms with Gasteiger partial charge in [0.2, 0.25) is 10.0 Å². The van der Waals surface area contributed by atoms with E-state index >= 15 is 0 Å². The number of amides is 2. The second-order valence-corrected chi connectivity index (χ2v) is 8.64. The summed E-state index contributed by atoms with van der Waals surface area (Å²) in [5, 5.41) is 5.48. The van der Waals surface area contributed by atoms with Gasteiger partial charge in [0, 0.05) is 24.8 Å². The quantitative estimate of drug-likeness (QED) is 0.503. The molecule has 0 saturated carbocycles. The molecule has 3 N–H and O–H groups in total. The minimum Gasteiger partial charge on any atom is -0.349 e. The van der Waals surface area contributed by atoms with Crippen LogP contribution in [-0.4, -0.2) is 63.8 Å². The Kier molecular flexibility index (Phi) is 8.87. The van der Waals surface area contributed by atoms with Gasteiger partial charge in [-0.1, -0.05) is 19.9 Å². The number of nitrogens with one attached hydrogen (secondary N) is 3. The molecule has 0 bridgehead atoms. The number of sulfonamides is 1. The van der Waals surface area contributed by atoms with Crippen LogP contribution in [0.25, 0.3) is 0 Å². The number of carbonyl (C=O) groups is 2. The Hall–Kier alpha value is -1.97. The van der Waals surface area contributed by atoms with Gasteiger partial charge in [-0.15, -0.1) is 0 Å². The molecule has 1 unspecified atom stereocenters. The van der Waals surface area contributed by atoms with Gasteiger partial charge in [-0.25, -0.2) is 8.42 Å². The van der Waals surface area contributed by atoms with Gasteiger partial charge in [-0.3, -0.25) is 9.59 Å². The van der Waals surface area contributed by atoms with Crippen LogP contribution in [0, 0.1) is 0 Å². The largest absolute Gasteiger partial charge is 0.349 e. The molecule has 0 aliphatic rings. The zero-order valence-electron chi connectivity index (χ0n) is 16.7. The standard InChI is InChI=1S/C18H30N4O4S/c1-6-22(7-2)27(25,26)16-10-8-9-15(11-16)20-18(24)13-21(5)12-17(23)19-14(3)4/h8-11,14H,6-7,12-13H2,1-5H3,(H,19,23)(H,20,24)/p+1. The van der Waals surface area contributed by atoms with Crippen molar-refractivity contribution in [1.82, 2.24) is 9.62 Å². The fraction of sp³-hybridized carbons (Fsp3) is 0.556. The number of hydrogen-bond acceptors (Lipinski definition) is 4. The fourth-order valence-electron chi connectivity index (χ4n) is 2.64. The summed E-state index contributed by atoms with van der Waals surface area (Å²) in [6.45, 7) is 8.34. The minimum atomic E-state index is -3.59. The van der Waals surface area contributed by atoms with Gasteiger partial charge in [-0.05, 0) is 32.0 Å².